The molecule has 6 heteroatoms. The molecule has 2 aromatic rings. The summed E-state index contributed by atoms with van der Waals surface area (Å²) in [4.78, 5) is 27.3. The van der Waals surface area contributed by atoms with E-state index in [4.69, 9.17) is 5.10 Å². The molecular weight excluding hydrogens is 376 g/mol. The molecule has 2 amide bonds. The number of rotatable bonds is 7. The van der Waals surface area contributed by atoms with Gasteiger partial charge in [0.2, 0.25) is 11.8 Å². The van der Waals surface area contributed by atoms with E-state index in [1.807, 2.05) is 37.3 Å². The highest BCUT2D eigenvalue weighted by Gasteiger charge is 2.34. The molecule has 0 saturated heterocycles. The standard InChI is InChI=1S/C24H34N4O2/c1-16(2)14-27(23(30)18-11-12-18)15-22(29)25-21-13-20(24(4,5)6)26-28(21)19-10-8-7-9-17(19)3/h7-10,13,16,18H,11-12,14-15H2,1-6H3,(H,25,29). The van der Waals surface area contributed by atoms with Crippen LogP contribution in [0.3, 0.4) is 0 Å². The third-order valence-electron chi connectivity index (χ3n) is 5.25. The fourth-order valence-electron chi connectivity index (χ4n) is 3.44. The van der Waals surface area contributed by atoms with Crippen molar-refractivity contribution in [2.45, 2.75) is 59.8 Å². The van der Waals surface area contributed by atoms with Crippen LogP contribution in [0.1, 0.15) is 58.7 Å². The number of para-hydroxylation sites is 1. The van der Waals surface area contributed by atoms with Crippen LogP contribution >= 0.6 is 0 Å². The van der Waals surface area contributed by atoms with Crippen molar-refractivity contribution in [3.8, 4) is 5.69 Å². The van der Waals surface area contributed by atoms with Gasteiger partial charge in [0.05, 0.1) is 17.9 Å². The van der Waals surface area contributed by atoms with Crippen LogP contribution in [0.4, 0.5) is 5.82 Å². The van der Waals surface area contributed by atoms with Gasteiger partial charge in [0.25, 0.3) is 0 Å². The van der Waals surface area contributed by atoms with E-state index >= 15 is 0 Å². The van der Waals surface area contributed by atoms with Crippen molar-refractivity contribution in [3.05, 3.63) is 41.6 Å². The van der Waals surface area contributed by atoms with Crippen molar-refractivity contribution in [2.24, 2.45) is 11.8 Å². The van der Waals surface area contributed by atoms with Crippen LogP contribution in [0.25, 0.3) is 5.69 Å². The molecule has 1 aliphatic carbocycles. The molecular formula is C24H34N4O2. The normalized spacial score (nSPS) is 14.1. The average molecular weight is 411 g/mol. The molecule has 1 heterocycles. The monoisotopic (exact) mass is 410 g/mol. The van der Waals surface area contributed by atoms with Crippen LogP contribution in [0, 0.1) is 18.8 Å². The number of amides is 2. The summed E-state index contributed by atoms with van der Waals surface area (Å²) in [5, 5.41) is 7.80. The second-order valence-electron chi connectivity index (χ2n) is 9.80. The maximum Gasteiger partial charge on any atom is 0.245 e. The van der Waals surface area contributed by atoms with Crippen LogP contribution in [0.15, 0.2) is 30.3 Å². The number of nitrogens with one attached hydrogen (secondary N) is 1. The van der Waals surface area contributed by atoms with Crippen LogP contribution in [0.2, 0.25) is 0 Å². The Hall–Kier alpha value is -2.63. The topological polar surface area (TPSA) is 67.2 Å². The molecule has 1 aromatic heterocycles. The van der Waals surface area contributed by atoms with Crippen LogP contribution in [0.5, 0.6) is 0 Å². The Morgan fingerprint density at radius 1 is 1.23 bits per heavy atom. The highest BCUT2D eigenvalue weighted by atomic mass is 16.2. The van der Waals surface area contributed by atoms with E-state index in [0.717, 1.165) is 29.8 Å². The molecule has 0 bridgehead atoms. The molecule has 1 N–H and O–H groups in total. The van der Waals surface area contributed by atoms with Gasteiger partial charge in [-0.2, -0.15) is 5.10 Å². The lowest BCUT2D eigenvalue weighted by atomic mass is 9.92. The van der Waals surface area contributed by atoms with E-state index in [1.165, 1.54) is 0 Å². The quantitative estimate of drug-likeness (QED) is 0.739. The maximum absolute atomic E-state index is 12.9. The van der Waals surface area contributed by atoms with Gasteiger partial charge in [-0.1, -0.05) is 52.8 Å². The van der Waals surface area contributed by atoms with Crippen LogP contribution in [-0.2, 0) is 15.0 Å². The lowest BCUT2D eigenvalue weighted by Gasteiger charge is -2.24. The van der Waals surface area contributed by atoms with Crippen molar-refractivity contribution in [3.63, 3.8) is 0 Å². The summed E-state index contributed by atoms with van der Waals surface area (Å²) in [6.07, 6.45) is 1.87. The first-order valence-electron chi connectivity index (χ1n) is 10.8. The van der Waals surface area contributed by atoms with E-state index in [1.54, 1.807) is 9.58 Å². The first-order valence-corrected chi connectivity index (χ1v) is 10.8. The van der Waals surface area contributed by atoms with Crippen LogP contribution < -0.4 is 5.32 Å². The summed E-state index contributed by atoms with van der Waals surface area (Å²) < 4.78 is 1.79. The van der Waals surface area contributed by atoms with Gasteiger partial charge in [0, 0.05) is 23.9 Å². The molecule has 30 heavy (non-hydrogen) atoms. The van der Waals surface area contributed by atoms with Gasteiger partial charge in [0.15, 0.2) is 0 Å². The minimum atomic E-state index is -0.195. The van der Waals surface area contributed by atoms with E-state index in [-0.39, 0.29) is 29.7 Å². The van der Waals surface area contributed by atoms with Gasteiger partial charge in [-0.25, -0.2) is 4.68 Å². The van der Waals surface area contributed by atoms with Crippen molar-refractivity contribution in [1.29, 1.82) is 0 Å². The number of aromatic nitrogens is 2. The number of carbonyl (C=O) groups is 2. The molecule has 0 atom stereocenters. The Labute approximate surface area is 179 Å². The third-order valence-corrected chi connectivity index (χ3v) is 5.25. The van der Waals surface area contributed by atoms with Gasteiger partial charge < -0.3 is 10.2 Å². The van der Waals surface area contributed by atoms with Gasteiger partial charge >= 0.3 is 0 Å². The molecule has 0 unspecified atom stereocenters. The number of anilines is 1. The highest BCUT2D eigenvalue weighted by molar-refractivity contribution is 5.94. The Morgan fingerprint density at radius 3 is 2.47 bits per heavy atom. The SMILES string of the molecule is Cc1ccccc1-n1nc(C(C)(C)C)cc1NC(=O)CN(CC(C)C)C(=O)C1CC1. The van der Waals surface area contributed by atoms with Gasteiger partial charge in [-0.3, -0.25) is 9.59 Å². The number of hydrogen-bond donors (Lipinski definition) is 1. The second-order valence-corrected chi connectivity index (χ2v) is 9.80. The Balaban J connectivity index is 1.85. The van der Waals surface area contributed by atoms with Crippen molar-refractivity contribution < 1.29 is 9.59 Å². The Morgan fingerprint density at radius 2 is 1.90 bits per heavy atom. The molecule has 6 nitrogen and oxygen atoms in total. The molecule has 162 valence electrons. The highest BCUT2D eigenvalue weighted by Crippen LogP contribution is 2.31. The molecule has 0 aliphatic heterocycles. The van der Waals surface area contributed by atoms with Crippen molar-refractivity contribution >= 4 is 17.6 Å². The number of hydrogen-bond acceptors (Lipinski definition) is 3. The van der Waals surface area contributed by atoms with Crippen molar-refractivity contribution in [1.82, 2.24) is 14.7 Å². The smallest absolute Gasteiger partial charge is 0.245 e. The zero-order valence-corrected chi connectivity index (χ0v) is 19.0. The van der Waals surface area contributed by atoms with E-state index in [2.05, 4.69) is 39.9 Å². The first-order chi connectivity index (χ1) is 14.1. The molecule has 1 aromatic carbocycles. The van der Waals surface area contributed by atoms with Gasteiger partial charge in [-0.15, -0.1) is 0 Å². The summed E-state index contributed by atoms with van der Waals surface area (Å²) in [6.45, 7) is 13.1. The molecule has 1 saturated carbocycles. The number of nitrogens with zero attached hydrogens (tertiary/aromatic N) is 3. The predicted octanol–water partition coefficient (Wildman–Crippen LogP) is 4.31. The zero-order chi connectivity index (χ0) is 22.1. The molecule has 0 radical (unpaired) electrons. The summed E-state index contributed by atoms with van der Waals surface area (Å²) in [6, 6.07) is 9.90. The lowest BCUT2D eigenvalue weighted by molar-refractivity contribution is -0.136. The maximum atomic E-state index is 12.9. The molecule has 3 rings (SSSR count). The second kappa shape index (κ2) is 8.62. The van der Waals surface area contributed by atoms with Crippen molar-refractivity contribution in [2.75, 3.05) is 18.4 Å². The first kappa shape index (κ1) is 22.1. The van der Waals surface area contributed by atoms with Gasteiger partial charge in [0.1, 0.15) is 5.82 Å². The third kappa shape index (κ3) is 5.29. The predicted molar refractivity (Wildman–Crippen MR) is 120 cm³/mol. The fourth-order valence-corrected chi connectivity index (χ4v) is 3.44. The summed E-state index contributed by atoms with van der Waals surface area (Å²) in [5.41, 5.74) is 2.74. The van der Waals surface area contributed by atoms with E-state index in [0.29, 0.717) is 18.3 Å². The Kier molecular flexibility index (Phi) is 6.34. The number of aryl methyl sites for hydroxylation is 1. The molecule has 0 spiro atoms. The van der Waals surface area contributed by atoms with Crippen LogP contribution in [-0.4, -0.2) is 39.6 Å². The van der Waals surface area contributed by atoms with E-state index in [9.17, 15) is 9.59 Å². The molecule has 1 fully saturated rings. The zero-order valence-electron chi connectivity index (χ0n) is 19.0. The lowest BCUT2D eigenvalue weighted by Crippen LogP contribution is -2.41. The van der Waals surface area contributed by atoms with Gasteiger partial charge in [-0.05, 0) is 37.3 Å². The minimum absolute atomic E-state index is 0.0668. The number of benzene rings is 1. The largest absolute Gasteiger partial charge is 0.333 e. The Bertz CT molecular complexity index is 920. The summed E-state index contributed by atoms with van der Waals surface area (Å²) in [7, 11) is 0. The summed E-state index contributed by atoms with van der Waals surface area (Å²) in [5.74, 6) is 0.941. The van der Waals surface area contributed by atoms with E-state index < -0.39 is 0 Å². The molecule has 1 aliphatic rings. The minimum Gasteiger partial charge on any atom is -0.333 e. The number of carbonyl (C=O) groups excluding carboxylic acids is 2. The average Bonchev–Trinajstić information content (AvgIpc) is 3.40. The fraction of sp³-hybridized carbons (Fsp3) is 0.542. The summed E-state index contributed by atoms with van der Waals surface area (Å²) >= 11 is 0.